The molecule has 24 heavy (non-hydrogen) atoms. The predicted octanol–water partition coefficient (Wildman–Crippen LogP) is 2.88. The molecule has 2 aliphatic rings. The number of nitrogens with one attached hydrogen (secondary N) is 1. The minimum absolute atomic E-state index is 0.247. The van der Waals surface area contributed by atoms with Crippen LogP contribution in [0.15, 0.2) is 47.1 Å². The van der Waals surface area contributed by atoms with Gasteiger partial charge in [0.15, 0.2) is 11.5 Å². The summed E-state index contributed by atoms with van der Waals surface area (Å²) in [5.74, 6) is -0.298. The van der Waals surface area contributed by atoms with Gasteiger partial charge in [-0.05, 0) is 36.4 Å². The Balaban J connectivity index is 1.37. The van der Waals surface area contributed by atoms with Gasteiger partial charge >= 0.3 is 0 Å². The Morgan fingerprint density at radius 1 is 1.04 bits per heavy atom. The van der Waals surface area contributed by atoms with Crippen LogP contribution in [0.3, 0.4) is 0 Å². The summed E-state index contributed by atoms with van der Waals surface area (Å²) in [7, 11) is 0. The van der Waals surface area contributed by atoms with Crippen molar-refractivity contribution in [3.05, 3.63) is 48.4 Å². The highest BCUT2D eigenvalue weighted by molar-refractivity contribution is 6.02. The first-order valence-electron chi connectivity index (χ1n) is 8.22. The van der Waals surface area contributed by atoms with Gasteiger partial charge in [-0.25, -0.2) is 0 Å². The van der Waals surface area contributed by atoms with Crippen molar-refractivity contribution in [3.8, 4) is 0 Å². The lowest BCUT2D eigenvalue weighted by Crippen LogP contribution is -2.45. The molecule has 0 bridgehead atoms. The lowest BCUT2D eigenvalue weighted by atomic mass is 10.0. The average Bonchev–Trinajstić information content (AvgIpc) is 3.29. The summed E-state index contributed by atoms with van der Waals surface area (Å²) < 4.78 is 16.6. The number of hydrogen-bond acceptors (Lipinski definition) is 5. The van der Waals surface area contributed by atoms with Crippen molar-refractivity contribution in [3.63, 3.8) is 0 Å². The predicted molar refractivity (Wildman–Crippen MR) is 89.2 cm³/mol. The second kappa shape index (κ2) is 6.30. The molecular formula is C18H20N2O4. The maximum absolute atomic E-state index is 12.0. The number of piperidine rings is 1. The van der Waals surface area contributed by atoms with E-state index in [0.717, 1.165) is 37.3 Å². The van der Waals surface area contributed by atoms with Gasteiger partial charge in [0.1, 0.15) is 0 Å². The maximum Gasteiger partial charge on any atom is 0.291 e. The number of hydrogen-bond donors (Lipinski definition) is 1. The van der Waals surface area contributed by atoms with E-state index < -0.39 is 0 Å². The molecule has 1 aromatic carbocycles. The summed E-state index contributed by atoms with van der Waals surface area (Å²) in [5, 5.41) is 2.82. The monoisotopic (exact) mass is 328 g/mol. The zero-order chi connectivity index (χ0) is 16.4. The van der Waals surface area contributed by atoms with E-state index in [0.29, 0.717) is 19.0 Å². The summed E-state index contributed by atoms with van der Waals surface area (Å²) in [4.78, 5) is 14.3. The van der Waals surface area contributed by atoms with Crippen LogP contribution in [0, 0.1) is 0 Å². The molecule has 2 fully saturated rings. The molecular weight excluding hydrogens is 308 g/mol. The fourth-order valence-corrected chi connectivity index (χ4v) is 3.25. The second-order valence-electron chi connectivity index (χ2n) is 6.07. The maximum atomic E-state index is 12.0. The van der Waals surface area contributed by atoms with Gasteiger partial charge in [-0.2, -0.15) is 0 Å². The number of ether oxygens (including phenoxy) is 2. The fourth-order valence-electron chi connectivity index (χ4n) is 3.25. The Labute approximate surface area is 140 Å². The van der Waals surface area contributed by atoms with Crippen LogP contribution in [0.2, 0.25) is 0 Å². The minimum atomic E-state index is -0.354. The third kappa shape index (κ3) is 3.02. The van der Waals surface area contributed by atoms with Crippen LogP contribution in [0.5, 0.6) is 0 Å². The van der Waals surface area contributed by atoms with Crippen LogP contribution >= 0.6 is 0 Å². The van der Waals surface area contributed by atoms with Gasteiger partial charge in [0.25, 0.3) is 5.91 Å². The third-order valence-electron chi connectivity index (χ3n) is 4.57. The summed E-state index contributed by atoms with van der Waals surface area (Å²) >= 11 is 0. The number of furan rings is 1. The average molecular weight is 328 g/mol. The highest BCUT2D eigenvalue weighted by atomic mass is 16.7. The van der Waals surface area contributed by atoms with Crippen LogP contribution < -0.4 is 10.2 Å². The van der Waals surface area contributed by atoms with Gasteiger partial charge in [0.2, 0.25) is 0 Å². The zero-order valence-electron chi connectivity index (χ0n) is 13.4. The number of benzene rings is 1. The van der Waals surface area contributed by atoms with E-state index in [2.05, 4.69) is 10.2 Å². The number of carbonyl (C=O) groups excluding carboxylic acids is 1. The minimum Gasteiger partial charge on any atom is -0.459 e. The SMILES string of the molecule is O=C(Nc1ccc(N2CCC3(CC2)OCCO3)cc1)c1ccco1. The van der Waals surface area contributed by atoms with Crippen LogP contribution in [0.1, 0.15) is 23.4 Å². The van der Waals surface area contributed by atoms with E-state index in [1.165, 1.54) is 6.26 Å². The number of nitrogens with zero attached hydrogens (tertiary/aromatic N) is 1. The molecule has 4 rings (SSSR count). The highest BCUT2D eigenvalue weighted by Gasteiger charge is 2.39. The standard InChI is InChI=1S/C18H20N2O4/c21-17(16-2-1-11-22-16)19-14-3-5-15(6-4-14)20-9-7-18(8-10-20)23-12-13-24-18/h1-6,11H,7-10,12-13H2,(H,19,21). The lowest BCUT2D eigenvalue weighted by Gasteiger charge is -2.38. The molecule has 126 valence electrons. The van der Waals surface area contributed by atoms with E-state index in [1.54, 1.807) is 12.1 Å². The van der Waals surface area contributed by atoms with E-state index in [9.17, 15) is 4.79 Å². The molecule has 2 saturated heterocycles. The van der Waals surface area contributed by atoms with E-state index in [-0.39, 0.29) is 11.7 Å². The van der Waals surface area contributed by atoms with Crippen LogP contribution in [-0.4, -0.2) is 38.0 Å². The number of amides is 1. The van der Waals surface area contributed by atoms with E-state index >= 15 is 0 Å². The Kier molecular flexibility index (Phi) is 4.00. The van der Waals surface area contributed by atoms with Crippen molar-refractivity contribution >= 4 is 17.3 Å². The first-order chi connectivity index (χ1) is 11.7. The highest BCUT2D eigenvalue weighted by Crippen LogP contribution is 2.33. The van der Waals surface area contributed by atoms with Crippen LogP contribution in [0.25, 0.3) is 0 Å². The van der Waals surface area contributed by atoms with E-state index in [4.69, 9.17) is 13.9 Å². The molecule has 1 aromatic heterocycles. The smallest absolute Gasteiger partial charge is 0.291 e. The van der Waals surface area contributed by atoms with Gasteiger partial charge in [0.05, 0.1) is 19.5 Å². The Morgan fingerprint density at radius 2 is 1.75 bits per heavy atom. The fraction of sp³-hybridized carbons (Fsp3) is 0.389. The Bertz CT molecular complexity index is 680. The first kappa shape index (κ1) is 15.2. The van der Waals surface area contributed by atoms with Crippen molar-refractivity contribution < 1.29 is 18.7 Å². The zero-order valence-corrected chi connectivity index (χ0v) is 13.4. The van der Waals surface area contributed by atoms with Crippen molar-refractivity contribution in [2.24, 2.45) is 0 Å². The Hall–Kier alpha value is -2.31. The molecule has 2 aromatic rings. The summed E-state index contributed by atoms with van der Waals surface area (Å²) in [6.07, 6.45) is 3.24. The van der Waals surface area contributed by atoms with E-state index in [1.807, 2.05) is 24.3 Å². The molecule has 1 spiro atoms. The Morgan fingerprint density at radius 3 is 2.38 bits per heavy atom. The normalized spacial score (nSPS) is 19.6. The molecule has 0 saturated carbocycles. The van der Waals surface area contributed by atoms with Crippen molar-refractivity contribution in [1.29, 1.82) is 0 Å². The number of rotatable bonds is 3. The number of anilines is 2. The van der Waals surface area contributed by atoms with Gasteiger partial charge in [-0.1, -0.05) is 0 Å². The van der Waals surface area contributed by atoms with Crippen LogP contribution in [-0.2, 0) is 9.47 Å². The van der Waals surface area contributed by atoms with Crippen molar-refractivity contribution in [2.75, 3.05) is 36.5 Å². The molecule has 0 radical (unpaired) electrons. The largest absolute Gasteiger partial charge is 0.459 e. The molecule has 1 N–H and O–H groups in total. The molecule has 0 aliphatic carbocycles. The molecule has 3 heterocycles. The quantitative estimate of drug-likeness (QED) is 0.938. The van der Waals surface area contributed by atoms with Gasteiger partial charge in [0, 0.05) is 37.3 Å². The summed E-state index contributed by atoms with van der Waals surface area (Å²) in [6.45, 7) is 3.20. The molecule has 6 heteroatoms. The number of carbonyl (C=O) groups is 1. The molecule has 2 aliphatic heterocycles. The van der Waals surface area contributed by atoms with Crippen LogP contribution in [0.4, 0.5) is 11.4 Å². The van der Waals surface area contributed by atoms with Crippen molar-refractivity contribution in [1.82, 2.24) is 0 Å². The van der Waals surface area contributed by atoms with Gasteiger partial charge < -0.3 is 24.1 Å². The molecule has 6 nitrogen and oxygen atoms in total. The third-order valence-corrected chi connectivity index (χ3v) is 4.57. The van der Waals surface area contributed by atoms with Crippen molar-refractivity contribution in [2.45, 2.75) is 18.6 Å². The molecule has 0 atom stereocenters. The van der Waals surface area contributed by atoms with Gasteiger partial charge in [-0.15, -0.1) is 0 Å². The summed E-state index contributed by atoms with van der Waals surface area (Å²) in [6, 6.07) is 11.2. The molecule has 1 amide bonds. The van der Waals surface area contributed by atoms with Gasteiger partial charge in [-0.3, -0.25) is 4.79 Å². The first-order valence-corrected chi connectivity index (χ1v) is 8.22. The topological polar surface area (TPSA) is 63.9 Å². The summed E-state index contributed by atoms with van der Waals surface area (Å²) in [5.41, 5.74) is 1.88. The molecule has 0 unspecified atom stereocenters. The lowest BCUT2D eigenvalue weighted by molar-refractivity contribution is -0.169. The second-order valence-corrected chi connectivity index (χ2v) is 6.07.